The molecule has 2 aromatic rings. The minimum atomic E-state index is 0.338. The fourth-order valence-corrected chi connectivity index (χ4v) is 1.88. The average molecular weight is 272 g/mol. The van der Waals surface area contributed by atoms with Crippen LogP contribution in [0.3, 0.4) is 0 Å². The summed E-state index contributed by atoms with van der Waals surface area (Å²) in [4.78, 5) is 4.48. The molecule has 19 heavy (non-hydrogen) atoms. The fraction of sp³-hybridized carbons (Fsp3) is 0.200. The Kier molecular flexibility index (Phi) is 4.47. The van der Waals surface area contributed by atoms with Gasteiger partial charge in [-0.15, -0.1) is 0 Å². The minimum Gasteiger partial charge on any atom is -0.439 e. The lowest BCUT2D eigenvalue weighted by Gasteiger charge is -2.07. The molecule has 0 bridgehead atoms. The first-order chi connectivity index (χ1) is 9.19. The normalized spacial score (nSPS) is 10.2. The van der Waals surface area contributed by atoms with Crippen LogP contribution in [0.15, 0.2) is 42.6 Å². The second-order valence-corrected chi connectivity index (χ2v) is 4.68. The molecule has 0 saturated heterocycles. The zero-order chi connectivity index (χ0) is 13.7. The Hall–Kier alpha value is -1.94. The molecular weight excluding hydrogens is 256 g/mol. The summed E-state index contributed by atoms with van der Waals surface area (Å²) in [5, 5.41) is 0. The molecule has 0 radical (unpaired) electrons. The Labute approximate surface area is 118 Å². The van der Waals surface area contributed by atoms with E-state index in [0.717, 1.165) is 24.2 Å². The van der Waals surface area contributed by atoms with E-state index in [0.29, 0.717) is 10.9 Å². The Morgan fingerprint density at radius 2 is 2.00 bits per heavy atom. The van der Waals surface area contributed by atoms with Gasteiger partial charge in [0.1, 0.15) is 10.7 Å². The molecule has 0 atom stereocenters. The summed E-state index contributed by atoms with van der Waals surface area (Å²) in [7, 11) is 0. The lowest BCUT2D eigenvalue weighted by molar-refractivity contribution is 0.462. The van der Waals surface area contributed by atoms with Gasteiger partial charge in [-0.1, -0.05) is 37.7 Å². The number of nitrogens with two attached hydrogens (primary N) is 1. The van der Waals surface area contributed by atoms with Crippen molar-refractivity contribution in [3.8, 4) is 11.6 Å². The van der Waals surface area contributed by atoms with E-state index in [1.54, 1.807) is 18.3 Å². The van der Waals surface area contributed by atoms with Crippen molar-refractivity contribution >= 4 is 17.2 Å². The van der Waals surface area contributed by atoms with E-state index in [-0.39, 0.29) is 0 Å². The van der Waals surface area contributed by atoms with Crippen molar-refractivity contribution in [2.24, 2.45) is 5.73 Å². The van der Waals surface area contributed by atoms with Gasteiger partial charge in [0.05, 0.1) is 0 Å². The van der Waals surface area contributed by atoms with E-state index in [9.17, 15) is 0 Å². The molecule has 2 rings (SSSR count). The molecular formula is C15H16N2OS. The largest absolute Gasteiger partial charge is 0.439 e. The summed E-state index contributed by atoms with van der Waals surface area (Å²) >= 11 is 4.93. The molecule has 0 aliphatic rings. The molecule has 1 aromatic carbocycles. The highest BCUT2D eigenvalue weighted by Gasteiger charge is 2.02. The first kappa shape index (κ1) is 13.5. The highest BCUT2D eigenvalue weighted by atomic mass is 32.1. The molecule has 0 fully saturated rings. The van der Waals surface area contributed by atoms with Gasteiger partial charge in [-0.25, -0.2) is 4.98 Å². The van der Waals surface area contributed by atoms with Crippen molar-refractivity contribution in [1.29, 1.82) is 0 Å². The maximum atomic E-state index is 5.68. The van der Waals surface area contributed by atoms with Gasteiger partial charge in [0.15, 0.2) is 0 Å². The zero-order valence-corrected chi connectivity index (χ0v) is 11.6. The van der Waals surface area contributed by atoms with Crippen LogP contribution >= 0.6 is 12.2 Å². The van der Waals surface area contributed by atoms with Crippen LogP contribution in [-0.2, 0) is 6.42 Å². The molecule has 3 nitrogen and oxygen atoms in total. The Bertz CT molecular complexity index is 567. The third kappa shape index (κ3) is 3.76. The number of aromatic nitrogens is 1. The second kappa shape index (κ2) is 6.29. The maximum absolute atomic E-state index is 5.68. The summed E-state index contributed by atoms with van der Waals surface area (Å²) in [6.07, 6.45) is 3.85. The number of benzene rings is 1. The molecule has 1 heterocycles. The van der Waals surface area contributed by atoms with Crippen LogP contribution in [0, 0.1) is 0 Å². The highest BCUT2D eigenvalue weighted by molar-refractivity contribution is 7.80. The molecule has 1 aromatic heterocycles. The molecule has 0 aliphatic carbocycles. The topological polar surface area (TPSA) is 48.1 Å². The van der Waals surface area contributed by atoms with E-state index in [1.807, 2.05) is 12.1 Å². The average Bonchev–Trinajstić information content (AvgIpc) is 2.42. The standard InChI is InChI=1S/C15H16N2OS/c1-2-3-11-4-6-13(7-5-11)18-14-10-12(15(16)19)8-9-17-14/h4-10H,2-3H2,1H3,(H2,16,19). The van der Waals surface area contributed by atoms with Gasteiger partial charge in [-0.05, 0) is 30.2 Å². The fourth-order valence-electron chi connectivity index (χ4n) is 1.75. The number of hydrogen-bond acceptors (Lipinski definition) is 3. The second-order valence-electron chi connectivity index (χ2n) is 4.24. The number of nitrogens with zero attached hydrogens (tertiary/aromatic N) is 1. The van der Waals surface area contributed by atoms with Crippen LogP contribution in [-0.4, -0.2) is 9.97 Å². The molecule has 0 amide bonds. The smallest absolute Gasteiger partial charge is 0.219 e. The Morgan fingerprint density at radius 3 is 2.63 bits per heavy atom. The van der Waals surface area contributed by atoms with E-state index in [1.165, 1.54) is 5.56 Å². The SMILES string of the molecule is CCCc1ccc(Oc2cc(C(N)=S)ccn2)cc1. The van der Waals surface area contributed by atoms with Crippen LogP contribution in [0.4, 0.5) is 0 Å². The third-order valence-corrected chi connectivity index (χ3v) is 2.94. The van der Waals surface area contributed by atoms with Crippen LogP contribution in [0.2, 0.25) is 0 Å². The lowest BCUT2D eigenvalue weighted by Crippen LogP contribution is -2.09. The number of rotatable bonds is 5. The van der Waals surface area contributed by atoms with Crippen LogP contribution < -0.4 is 10.5 Å². The molecule has 4 heteroatoms. The van der Waals surface area contributed by atoms with E-state index >= 15 is 0 Å². The molecule has 0 saturated carbocycles. The van der Waals surface area contributed by atoms with E-state index in [2.05, 4.69) is 24.0 Å². The van der Waals surface area contributed by atoms with Crippen molar-refractivity contribution in [2.45, 2.75) is 19.8 Å². The minimum absolute atomic E-state index is 0.338. The van der Waals surface area contributed by atoms with Crippen LogP contribution in [0.25, 0.3) is 0 Å². The maximum Gasteiger partial charge on any atom is 0.219 e. The van der Waals surface area contributed by atoms with Crippen molar-refractivity contribution in [3.05, 3.63) is 53.7 Å². The number of hydrogen-bond donors (Lipinski definition) is 1. The summed E-state index contributed by atoms with van der Waals surface area (Å²) in [6.45, 7) is 2.16. The summed E-state index contributed by atoms with van der Waals surface area (Å²) < 4.78 is 5.68. The van der Waals surface area contributed by atoms with Gasteiger partial charge in [-0.3, -0.25) is 0 Å². The van der Waals surface area contributed by atoms with Crippen molar-refractivity contribution in [3.63, 3.8) is 0 Å². The van der Waals surface area contributed by atoms with Gasteiger partial charge < -0.3 is 10.5 Å². The van der Waals surface area contributed by atoms with Gasteiger partial charge in [0, 0.05) is 17.8 Å². The van der Waals surface area contributed by atoms with E-state index < -0.39 is 0 Å². The summed E-state index contributed by atoms with van der Waals surface area (Å²) in [5.41, 5.74) is 7.64. The van der Waals surface area contributed by atoms with Crippen molar-refractivity contribution < 1.29 is 4.74 Å². The van der Waals surface area contributed by atoms with E-state index in [4.69, 9.17) is 22.7 Å². The van der Waals surface area contributed by atoms with Gasteiger partial charge in [0.25, 0.3) is 0 Å². The van der Waals surface area contributed by atoms with Gasteiger partial charge in [0.2, 0.25) is 5.88 Å². The predicted octanol–water partition coefficient (Wildman–Crippen LogP) is 3.46. The van der Waals surface area contributed by atoms with Crippen LogP contribution in [0.1, 0.15) is 24.5 Å². The highest BCUT2D eigenvalue weighted by Crippen LogP contribution is 2.20. The molecule has 0 unspecified atom stereocenters. The predicted molar refractivity (Wildman–Crippen MR) is 80.6 cm³/mol. The van der Waals surface area contributed by atoms with Crippen LogP contribution in [0.5, 0.6) is 11.6 Å². The molecule has 2 N–H and O–H groups in total. The number of ether oxygens (including phenoxy) is 1. The Balaban J connectivity index is 2.12. The number of thiocarbonyl (C=S) groups is 1. The lowest BCUT2D eigenvalue weighted by atomic mass is 10.1. The Morgan fingerprint density at radius 1 is 1.26 bits per heavy atom. The molecule has 0 aliphatic heterocycles. The molecule has 0 spiro atoms. The molecule has 98 valence electrons. The van der Waals surface area contributed by atoms with Gasteiger partial charge >= 0.3 is 0 Å². The summed E-state index contributed by atoms with van der Waals surface area (Å²) in [6, 6.07) is 11.5. The quantitative estimate of drug-likeness (QED) is 0.847. The van der Waals surface area contributed by atoms with Crippen molar-refractivity contribution in [2.75, 3.05) is 0 Å². The first-order valence-electron chi connectivity index (χ1n) is 6.21. The van der Waals surface area contributed by atoms with Crippen molar-refractivity contribution in [1.82, 2.24) is 4.98 Å². The number of aryl methyl sites for hydroxylation is 1. The van der Waals surface area contributed by atoms with Gasteiger partial charge in [-0.2, -0.15) is 0 Å². The monoisotopic (exact) mass is 272 g/mol. The zero-order valence-electron chi connectivity index (χ0n) is 10.8. The summed E-state index contributed by atoms with van der Waals surface area (Å²) in [5.74, 6) is 1.25. The number of pyridine rings is 1. The third-order valence-electron chi connectivity index (χ3n) is 2.70. The first-order valence-corrected chi connectivity index (χ1v) is 6.62.